The minimum Gasteiger partial charge on any atom is -0.350 e. The van der Waals surface area contributed by atoms with Gasteiger partial charge in [0, 0.05) is 6.54 Å². The number of carbonyl (C=O) groups excluding carboxylic acids is 1. The van der Waals surface area contributed by atoms with Gasteiger partial charge < -0.3 is 5.73 Å². The molecule has 78 valence electrons. The maximum absolute atomic E-state index is 10.5. The SMILES string of the molecule is CCCCCCCCN(N)C(N)=O. The molecular weight excluding hydrogens is 166 g/mol. The third-order valence-corrected chi connectivity index (χ3v) is 2.04. The molecule has 0 aliphatic rings. The van der Waals surface area contributed by atoms with Gasteiger partial charge in [0.05, 0.1) is 0 Å². The number of primary amides is 1. The second-order valence-corrected chi connectivity index (χ2v) is 3.30. The molecule has 0 atom stereocenters. The van der Waals surface area contributed by atoms with Crippen molar-refractivity contribution >= 4 is 6.03 Å². The maximum Gasteiger partial charge on any atom is 0.328 e. The first-order valence-corrected chi connectivity index (χ1v) is 5.00. The Morgan fingerprint density at radius 1 is 1.15 bits per heavy atom. The summed E-state index contributed by atoms with van der Waals surface area (Å²) in [5, 5.41) is 1.07. The van der Waals surface area contributed by atoms with Crippen molar-refractivity contribution in [3.05, 3.63) is 0 Å². The van der Waals surface area contributed by atoms with Gasteiger partial charge in [-0.15, -0.1) is 0 Å². The molecule has 4 nitrogen and oxygen atoms in total. The smallest absolute Gasteiger partial charge is 0.328 e. The first-order valence-electron chi connectivity index (χ1n) is 5.00. The second kappa shape index (κ2) is 7.86. The standard InChI is InChI=1S/C9H21N3O/c1-2-3-4-5-6-7-8-12(11)9(10)13/h2-8,11H2,1H3,(H2,10,13). The van der Waals surface area contributed by atoms with E-state index in [-0.39, 0.29) is 0 Å². The number of urea groups is 1. The van der Waals surface area contributed by atoms with Gasteiger partial charge >= 0.3 is 6.03 Å². The Morgan fingerprint density at radius 2 is 1.69 bits per heavy atom. The van der Waals surface area contributed by atoms with E-state index in [0.29, 0.717) is 6.54 Å². The third kappa shape index (κ3) is 7.59. The van der Waals surface area contributed by atoms with Gasteiger partial charge in [0.2, 0.25) is 0 Å². The summed E-state index contributed by atoms with van der Waals surface area (Å²) in [6.45, 7) is 2.76. The zero-order chi connectivity index (χ0) is 10.1. The van der Waals surface area contributed by atoms with Crippen LogP contribution in [-0.4, -0.2) is 17.6 Å². The van der Waals surface area contributed by atoms with Gasteiger partial charge in [-0.2, -0.15) is 0 Å². The van der Waals surface area contributed by atoms with Crippen LogP contribution < -0.4 is 11.6 Å². The molecule has 0 aromatic heterocycles. The van der Waals surface area contributed by atoms with Crippen LogP contribution in [0.2, 0.25) is 0 Å². The van der Waals surface area contributed by atoms with E-state index in [1.165, 1.54) is 25.7 Å². The molecule has 0 aliphatic carbocycles. The Bertz CT molecular complexity index is 139. The first kappa shape index (κ1) is 12.2. The summed E-state index contributed by atoms with van der Waals surface area (Å²) in [4.78, 5) is 10.5. The number of carbonyl (C=O) groups is 1. The molecule has 0 aromatic carbocycles. The molecule has 0 aliphatic heterocycles. The number of nitrogens with zero attached hydrogens (tertiary/aromatic N) is 1. The van der Waals surface area contributed by atoms with Crippen molar-refractivity contribution in [2.45, 2.75) is 45.4 Å². The number of hydrogen-bond acceptors (Lipinski definition) is 2. The molecule has 4 N–H and O–H groups in total. The monoisotopic (exact) mass is 187 g/mol. The maximum atomic E-state index is 10.5. The largest absolute Gasteiger partial charge is 0.350 e. The van der Waals surface area contributed by atoms with Crippen LogP contribution in [0.15, 0.2) is 0 Å². The molecule has 0 unspecified atom stereocenters. The van der Waals surface area contributed by atoms with E-state index < -0.39 is 6.03 Å². The number of hydrogen-bond donors (Lipinski definition) is 2. The Kier molecular flexibility index (Phi) is 7.39. The second-order valence-electron chi connectivity index (χ2n) is 3.30. The molecule has 0 radical (unpaired) electrons. The Labute approximate surface area is 80.2 Å². The van der Waals surface area contributed by atoms with E-state index in [0.717, 1.165) is 17.9 Å². The van der Waals surface area contributed by atoms with Crippen molar-refractivity contribution in [3.8, 4) is 0 Å². The number of amides is 2. The molecule has 4 heteroatoms. The van der Waals surface area contributed by atoms with E-state index >= 15 is 0 Å². The van der Waals surface area contributed by atoms with Crippen LogP contribution in [-0.2, 0) is 0 Å². The van der Waals surface area contributed by atoms with Crippen molar-refractivity contribution in [3.63, 3.8) is 0 Å². The summed E-state index contributed by atoms with van der Waals surface area (Å²) in [6.07, 6.45) is 7.12. The summed E-state index contributed by atoms with van der Waals surface area (Å²) in [5.74, 6) is 5.32. The van der Waals surface area contributed by atoms with Gasteiger partial charge in [0.25, 0.3) is 0 Å². The fourth-order valence-electron chi connectivity index (χ4n) is 1.17. The normalized spacial score (nSPS) is 10.0. The van der Waals surface area contributed by atoms with Crippen LogP contribution in [0.1, 0.15) is 45.4 Å². The molecule has 0 rings (SSSR count). The van der Waals surface area contributed by atoms with Gasteiger partial charge in [0.1, 0.15) is 0 Å². The molecule has 0 heterocycles. The number of unbranched alkanes of at least 4 members (excludes halogenated alkanes) is 5. The zero-order valence-electron chi connectivity index (χ0n) is 8.46. The van der Waals surface area contributed by atoms with Crippen molar-refractivity contribution in [1.82, 2.24) is 5.01 Å². The van der Waals surface area contributed by atoms with E-state index in [4.69, 9.17) is 11.6 Å². The minimum absolute atomic E-state index is 0.548. The molecular formula is C9H21N3O. The lowest BCUT2D eigenvalue weighted by molar-refractivity contribution is 0.207. The predicted octanol–water partition coefficient (Wildman–Crippen LogP) is 1.60. The van der Waals surface area contributed by atoms with Crippen LogP contribution in [0, 0.1) is 0 Å². The molecule has 2 amide bonds. The van der Waals surface area contributed by atoms with Crippen LogP contribution in [0.25, 0.3) is 0 Å². The average Bonchev–Trinajstić information content (AvgIpc) is 2.10. The highest BCUT2D eigenvalue weighted by Gasteiger charge is 2.01. The van der Waals surface area contributed by atoms with E-state index in [1.54, 1.807) is 0 Å². The molecule has 0 saturated heterocycles. The number of rotatable bonds is 7. The highest BCUT2D eigenvalue weighted by Crippen LogP contribution is 2.04. The zero-order valence-corrected chi connectivity index (χ0v) is 8.46. The summed E-state index contributed by atoms with van der Waals surface area (Å²) in [6, 6.07) is -0.548. The molecule has 0 bridgehead atoms. The van der Waals surface area contributed by atoms with Crippen molar-refractivity contribution in [2.24, 2.45) is 11.6 Å². The minimum atomic E-state index is -0.548. The molecule has 13 heavy (non-hydrogen) atoms. The Morgan fingerprint density at radius 3 is 2.23 bits per heavy atom. The summed E-state index contributed by atoms with van der Waals surface area (Å²) in [5.41, 5.74) is 4.96. The quantitative estimate of drug-likeness (QED) is 0.275. The van der Waals surface area contributed by atoms with E-state index in [9.17, 15) is 4.79 Å². The fourth-order valence-corrected chi connectivity index (χ4v) is 1.17. The number of hydrazine groups is 1. The van der Waals surface area contributed by atoms with Crippen LogP contribution in [0.4, 0.5) is 4.79 Å². The molecule has 0 spiro atoms. The predicted molar refractivity (Wildman–Crippen MR) is 53.9 cm³/mol. The summed E-state index contributed by atoms with van der Waals surface area (Å²) < 4.78 is 0. The molecule has 0 aromatic rings. The van der Waals surface area contributed by atoms with Crippen molar-refractivity contribution in [2.75, 3.05) is 6.54 Å². The Hall–Kier alpha value is -0.770. The highest BCUT2D eigenvalue weighted by atomic mass is 16.2. The lowest BCUT2D eigenvalue weighted by atomic mass is 10.1. The first-order chi connectivity index (χ1) is 6.18. The van der Waals surface area contributed by atoms with Gasteiger partial charge in [-0.05, 0) is 6.42 Å². The van der Waals surface area contributed by atoms with Gasteiger partial charge in [0.15, 0.2) is 0 Å². The number of nitrogens with two attached hydrogens (primary N) is 2. The van der Waals surface area contributed by atoms with Crippen molar-refractivity contribution in [1.29, 1.82) is 0 Å². The van der Waals surface area contributed by atoms with Crippen LogP contribution in [0.3, 0.4) is 0 Å². The lowest BCUT2D eigenvalue weighted by Gasteiger charge is -2.12. The van der Waals surface area contributed by atoms with Gasteiger partial charge in [-0.3, -0.25) is 5.01 Å². The summed E-state index contributed by atoms with van der Waals surface area (Å²) in [7, 11) is 0. The fraction of sp³-hybridized carbons (Fsp3) is 0.889. The van der Waals surface area contributed by atoms with Gasteiger partial charge in [-0.25, -0.2) is 10.6 Å². The topological polar surface area (TPSA) is 72.3 Å². The van der Waals surface area contributed by atoms with Crippen molar-refractivity contribution < 1.29 is 4.79 Å². The lowest BCUT2D eigenvalue weighted by Crippen LogP contribution is -2.41. The Balaban J connectivity index is 3.11. The molecule has 0 saturated carbocycles. The van der Waals surface area contributed by atoms with Gasteiger partial charge in [-0.1, -0.05) is 39.0 Å². The third-order valence-electron chi connectivity index (χ3n) is 2.04. The average molecular weight is 187 g/mol. The molecule has 0 fully saturated rings. The highest BCUT2D eigenvalue weighted by molar-refractivity contribution is 5.71. The summed E-state index contributed by atoms with van der Waals surface area (Å²) >= 11 is 0. The van der Waals surface area contributed by atoms with E-state index in [1.807, 2.05) is 0 Å². The van der Waals surface area contributed by atoms with Crippen LogP contribution in [0.5, 0.6) is 0 Å². The van der Waals surface area contributed by atoms with E-state index in [2.05, 4.69) is 6.92 Å². The van der Waals surface area contributed by atoms with Crippen LogP contribution >= 0.6 is 0 Å².